The van der Waals surface area contributed by atoms with E-state index >= 15 is 0 Å². The van der Waals surface area contributed by atoms with E-state index in [4.69, 9.17) is 4.74 Å². The summed E-state index contributed by atoms with van der Waals surface area (Å²) in [5.41, 5.74) is -0.624. The maximum atomic E-state index is 12.7. The first-order chi connectivity index (χ1) is 11.5. The Kier molecular flexibility index (Phi) is 8.15. The fourth-order valence-corrected chi connectivity index (χ4v) is 2.92. The van der Waals surface area contributed by atoms with Crippen LogP contribution in [-0.4, -0.2) is 54.0 Å². The molecule has 0 aliphatic carbocycles. The fraction of sp³-hybridized carbons (Fsp3) is 0.889. The van der Waals surface area contributed by atoms with Crippen LogP contribution < -0.4 is 16.0 Å². The Bertz CT molecular complexity index is 436. The second-order valence-corrected chi connectivity index (χ2v) is 8.40. The average Bonchev–Trinajstić information content (AvgIpc) is 2.59. The van der Waals surface area contributed by atoms with E-state index in [2.05, 4.69) is 16.0 Å². The lowest BCUT2D eigenvalue weighted by Crippen LogP contribution is -2.55. The summed E-state index contributed by atoms with van der Waals surface area (Å²) in [6.07, 6.45) is 0.115. The maximum absolute atomic E-state index is 12.7. The molecular weight excluding hydrogens is 322 g/mol. The molecule has 1 aliphatic heterocycles. The molecule has 1 aliphatic rings. The minimum absolute atomic E-state index is 0.148. The molecule has 146 valence electrons. The van der Waals surface area contributed by atoms with Crippen molar-refractivity contribution in [3.63, 3.8) is 0 Å². The van der Waals surface area contributed by atoms with Gasteiger partial charge in [0.1, 0.15) is 11.6 Å². The minimum atomic E-state index is -0.689. The Morgan fingerprint density at radius 1 is 1.32 bits per heavy atom. The van der Waals surface area contributed by atoms with E-state index in [1.54, 1.807) is 20.8 Å². The standard InChI is InChI=1S/C18H35N3O4/c1-11(2)9-13(20-17(24)25-18(4,5)6)16(23)21-15-12(3)7-8-19-10-14(15)22/h11-15,19,22H,7-10H2,1-6H3,(H,20,24)(H,21,23)/t12?,13?,14-,15?/m0/s1. The van der Waals surface area contributed by atoms with Crippen molar-refractivity contribution in [2.24, 2.45) is 11.8 Å². The number of alkyl carbamates (subject to hydrolysis) is 1. The van der Waals surface area contributed by atoms with Gasteiger partial charge < -0.3 is 25.8 Å². The molecule has 7 nitrogen and oxygen atoms in total. The number of carbonyl (C=O) groups excluding carboxylic acids is 2. The van der Waals surface area contributed by atoms with Crippen LogP contribution in [0.4, 0.5) is 4.79 Å². The topological polar surface area (TPSA) is 99.7 Å². The number of aliphatic hydroxyl groups excluding tert-OH is 1. The normalized spacial score (nSPS) is 25.8. The molecule has 1 saturated heterocycles. The lowest BCUT2D eigenvalue weighted by Gasteiger charge is -2.30. The number of carbonyl (C=O) groups is 2. The lowest BCUT2D eigenvalue weighted by molar-refractivity contribution is -0.125. The van der Waals surface area contributed by atoms with Crippen LogP contribution in [-0.2, 0) is 9.53 Å². The van der Waals surface area contributed by atoms with E-state index < -0.39 is 23.8 Å². The first kappa shape index (κ1) is 21.7. The molecule has 2 amide bonds. The molecule has 7 heteroatoms. The number of hydrogen-bond donors (Lipinski definition) is 4. The third-order valence-corrected chi connectivity index (χ3v) is 4.18. The molecule has 1 fully saturated rings. The van der Waals surface area contributed by atoms with Crippen molar-refractivity contribution in [1.82, 2.24) is 16.0 Å². The third-order valence-electron chi connectivity index (χ3n) is 4.18. The first-order valence-electron chi connectivity index (χ1n) is 9.18. The van der Waals surface area contributed by atoms with Gasteiger partial charge in [-0.15, -0.1) is 0 Å². The molecule has 0 radical (unpaired) electrons. The highest BCUT2D eigenvalue weighted by molar-refractivity contribution is 5.86. The van der Waals surface area contributed by atoms with Crippen molar-refractivity contribution in [3.05, 3.63) is 0 Å². The quantitative estimate of drug-likeness (QED) is 0.596. The molecule has 1 heterocycles. The molecule has 0 aromatic carbocycles. The smallest absolute Gasteiger partial charge is 0.408 e. The summed E-state index contributed by atoms with van der Waals surface area (Å²) in [4.78, 5) is 24.8. The van der Waals surface area contributed by atoms with Crippen molar-refractivity contribution in [1.29, 1.82) is 0 Å². The number of hydrogen-bond acceptors (Lipinski definition) is 5. The molecule has 3 unspecified atom stereocenters. The summed E-state index contributed by atoms with van der Waals surface area (Å²) in [6, 6.07) is -1.02. The molecule has 0 spiro atoms. The zero-order valence-corrected chi connectivity index (χ0v) is 16.4. The zero-order valence-electron chi connectivity index (χ0n) is 16.4. The number of aliphatic hydroxyl groups is 1. The van der Waals surface area contributed by atoms with Gasteiger partial charge in [0, 0.05) is 6.54 Å². The molecule has 0 saturated carbocycles. The predicted octanol–water partition coefficient (Wildman–Crippen LogP) is 1.40. The molecule has 4 atom stereocenters. The van der Waals surface area contributed by atoms with Crippen molar-refractivity contribution >= 4 is 12.0 Å². The van der Waals surface area contributed by atoms with E-state index in [-0.39, 0.29) is 23.8 Å². The van der Waals surface area contributed by atoms with E-state index in [1.165, 1.54) is 0 Å². The van der Waals surface area contributed by atoms with Crippen LogP contribution in [0.1, 0.15) is 54.4 Å². The van der Waals surface area contributed by atoms with Gasteiger partial charge in [-0.2, -0.15) is 0 Å². The van der Waals surface area contributed by atoms with Gasteiger partial charge >= 0.3 is 6.09 Å². The summed E-state index contributed by atoms with van der Waals surface area (Å²) in [6.45, 7) is 12.6. The number of rotatable bonds is 5. The molecule has 4 N–H and O–H groups in total. The Morgan fingerprint density at radius 2 is 1.96 bits per heavy atom. The maximum Gasteiger partial charge on any atom is 0.408 e. The molecular formula is C18H35N3O4. The third kappa shape index (κ3) is 8.05. The van der Waals surface area contributed by atoms with Crippen molar-refractivity contribution in [2.45, 2.75) is 78.2 Å². The van der Waals surface area contributed by atoms with E-state index in [0.29, 0.717) is 13.0 Å². The van der Waals surface area contributed by atoms with Crippen LogP contribution in [0.25, 0.3) is 0 Å². The number of β-amino-alcohol motifs (C(OH)–C–C–N with tert-alkyl or cyclic N) is 1. The van der Waals surface area contributed by atoms with Gasteiger partial charge in [-0.05, 0) is 52.0 Å². The number of nitrogens with one attached hydrogen (secondary N) is 3. The summed E-state index contributed by atoms with van der Waals surface area (Å²) >= 11 is 0. The summed E-state index contributed by atoms with van der Waals surface area (Å²) in [5, 5.41) is 19.0. The molecule has 0 aromatic rings. The van der Waals surface area contributed by atoms with Gasteiger partial charge in [-0.3, -0.25) is 4.79 Å². The highest BCUT2D eigenvalue weighted by Gasteiger charge is 2.32. The largest absolute Gasteiger partial charge is 0.444 e. The monoisotopic (exact) mass is 357 g/mol. The zero-order chi connectivity index (χ0) is 19.2. The summed E-state index contributed by atoms with van der Waals surface area (Å²) in [5.74, 6) is 0.0939. The number of amides is 2. The van der Waals surface area contributed by atoms with Crippen LogP contribution in [0.15, 0.2) is 0 Å². The second-order valence-electron chi connectivity index (χ2n) is 8.40. The number of ether oxygens (including phenoxy) is 1. The van der Waals surface area contributed by atoms with Crippen LogP contribution in [0, 0.1) is 11.8 Å². The second kappa shape index (κ2) is 9.38. The molecule has 0 aromatic heterocycles. The summed E-state index contributed by atoms with van der Waals surface area (Å²) in [7, 11) is 0. The molecule has 0 bridgehead atoms. The minimum Gasteiger partial charge on any atom is -0.444 e. The average molecular weight is 357 g/mol. The van der Waals surface area contributed by atoms with E-state index in [9.17, 15) is 14.7 Å². The van der Waals surface area contributed by atoms with Crippen molar-refractivity contribution < 1.29 is 19.4 Å². The van der Waals surface area contributed by atoms with Gasteiger partial charge in [0.15, 0.2) is 0 Å². The molecule has 25 heavy (non-hydrogen) atoms. The SMILES string of the molecule is CC(C)CC(NC(=O)OC(C)(C)C)C(=O)NC1C(C)CCNC[C@@H]1O. The van der Waals surface area contributed by atoms with Gasteiger partial charge in [0.05, 0.1) is 12.1 Å². The van der Waals surface area contributed by atoms with Gasteiger partial charge in [-0.1, -0.05) is 20.8 Å². The summed E-state index contributed by atoms with van der Waals surface area (Å²) < 4.78 is 5.26. The highest BCUT2D eigenvalue weighted by atomic mass is 16.6. The van der Waals surface area contributed by atoms with Gasteiger partial charge in [0.2, 0.25) is 5.91 Å². The fourth-order valence-electron chi connectivity index (χ4n) is 2.92. The van der Waals surface area contributed by atoms with E-state index in [1.807, 2.05) is 20.8 Å². The van der Waals surface area contributed by atoms with Crippen molar-refractivity contribution in [2.75, 3.05) is 13.1 Å². The Hall–Kier alpha value is -1.34. The first-order valence-corrected chi connectivity index (χ1v) is 9.18. The Labute approximate surface area is 151 Å². The van der Waals surface area contributed by atoms with Crippen LogP contribution in [0.3, 0.4) is 0 Å². The Morgan fingerprint density at radius 3 is 2.52 bits per heavy atom. The lowest BCUT2D eigenvalue weighted by atomic mass is 9.94. The van der Waals surface area contributed by atoms with Crippen LogP contribution in [0.2, 0.25) is 0 Å². The highest BCUT2D eigenvalue weighted by Crippen LogP contribution is 2.16. The van der Waals surface area contributed by atoms with Crippen molar-refractivity contribution in [3.8, 4) is 0 Å². The predicted molar refractivity (Wildman–Crippen MR) is 97.2 cm³/mol. The van der Waals surface area contributed by atoms with Gasteiger partial charge in [-0.25, -0.2) is 4.79 Å². The Balaban J connectivity index is 2.76. The van der Waals surface area contributed by atoms with Gasteiger partial charge in [0.25, 0.3) is 0 Å². The van der Waals surface area contributed by atoms with Crippen LogP contribution in [0.5, 0.6) is 0 Å². The van der Waals surface area contributed by atoms with Crippen LogP contribution >= 0.6 is 0 Å². The van der Waals surface area contributed by atoms with E-state index in [0.717, 1.165) is 13.0 Å². The molecule has 1 rings (SSSR count).